The van der Waals surface area contributed by atoms with Gasteiger partial charge in [0.25, 0.3) is 0 Å². The van der Waals surface area contributed by atoms with E-state index in [1.807, 2.05) is 44.4 Å². The van der Waals surface area contributed by atoms with Crippen molar-refractivity contribution in [3.05, 3.63) is 59.9 Å². The van der Waals surface area contributed by atoms with Crippen molar-refractivity contribution >= 4 is 5.97 Å². The molecule has 3 heteroatoms. The van der Waals surface area contributed by atoms with E-state index in [-0.39, 0.29) is 11.9 Å². The van der Waals surface area contributed by atoms with Crippen LogP contribution in [0.4, 0.5) is 0 Å². The first-order valence-corrected chi connectivity index (χ1v) is 7.44. The van der Waals surface area contributed by atoms with E-state index in [2.05, 4.69) is 23.1 Å². The summed E-state index contributed by atoms with van der Waals surface area (Å²) in [6.45, 7) is 0.859. The molecule has 2 atom stereocenters. The van der Waals surface area contributed by atoms with Crippen LogP contribution >= 0.6 is 0 Å². The molecule has 0 saturated carbocycles. The fourth-order valence-corrected chi connectivity index (χ4v) is 3.37. The largest absolute Gasteiger partial charge is 0.430 e. The van der Waals surface area contributed by atoms with Gasteiger partial charge < -0.3 is 9.64 Å². The van der Waals surface area contributed by atoms with Gasteiger partial charge in [0.05, 0.1) is 0 Å². The maximum Gasteiger partial charge on any atom is 0.322 e. The van der Waals surface area contributed by atoms with Crippen molar-refractivity contribution in [3.8, 4) is 0 Å². The van der Waals surface area contributed by atoms with Gasteiger partial charge in [-0.15, -0.1) is 0 Å². The summed E-state index contributed by atoms with van der Waals surface area (Å²) in [6.07, 6.45) is 7.68. The van der Waals surface area contributed by atoms with Crippen LogP contribution in [-0.4, -0.2) is 31.5 Å². The molecule has 21 heavy (non-hydrogen) atoms. The third-order valence-corrected chi connectivity index (χ3v) is 4.52. The second-order valence-corrected chi connectivity index (χ2v) is 6.07. The van der Waals surface area contributed by atoms with E-state index >= 15 is 0 Å². The Kier molecular flexibility index (Phi) is 3.68. The van der Waals surface area contributed by atoms with Crippen molar-refractivity contribution < 1.29 is 9.53 Å². The summed E-state index contributed by atoms with van der Waals surface area (Å²) in [5.74, 6) is 0.845. The van der Waals surface area contributed by atoms with E-state index < -0.39 is 5.41 Å². The van der Waals surface area contributed by atoms with Gasteiger partial charge in [-0.3, -0.25) is 4.79 Å². The molecule has 1 aliphatic heterocycles. The molecule has 1 heterocycles. The van der Waals surface area contributed by atoms with Crippen molar-refractivity contribution in [2.45, 2.75) is 18.3 Å². The van der Waals surface area contributed by atoms with Gasteiger partial charge in [0.15, 0.2) is 0 Å². The maximum atomic E-state index is 12.8. The normalized spacial score (nSPS) is 27.5. The molecule has 0 radical (unpaired) electrons. The predicted octanol–water partition coefficient (Wildman–Crippen LogP) is 2.89. The van der Waals surface area contributed by atoms with Gasteiger partial charge in [0, 0.05) is 5.92 Å². The Morgan fingerprint density at radius 3 is 2.76 bits per heavy atom. The second-order valence-electron chi connectivity index (χ2n) is 6.07. The summed E-state index contributed by atoms with van der Waals surface area (Å²) >= 11 is 0. The fourth-order valence-electron chi connectivity index (χ4n) is 3.37. The summed E-state index contributed by atoms with van der Waals surface area (Å²) in [6, 6.07) is 10.1. The van der Waals surface area contributed by atoms with Crippen molar-refractivity contribution in [2.24, 2.45) is 5.92 Å². The number of ether oxygens (including phenoxy) is 1. The molecule has 0 aromatic heterocycles. The molecule has 3 rings (SSSR count). The van der Waals surface area contributed by atoms with Crippen LogP contribution < -0.4 is 0 Å². The maximum absolute atomic E-state index is 12.8. The number of hydrogen-bond donors (Lipinski definition) is 0. The van der Waals surface area contributed by atoms with Gasteiger partial charge in [0.1, 0.15) is 11.2 Å². The van der Waals surface area contributed by atoms with E-state index in [1.54, 1.807) is 0 Å². The Morgan fingerprint density at radius 1 is 1.29 bits per heavy atom. The Balaban J connectivity index is 2.06. The lowest BCUT2D eigenvalue weighted by molar-refractivity contribution is -0.141. The number of hydrogen-bond acceptors (Lipinski definition) is 3. The number of rotatable bonds is 4. The molecule has 110 valence electrons. The molecular formula is C18H21NO2. The van der Waals surface area contributed by atoms with E-state index in [9.17, 15) is 4.79 Å². The highest BCUT2D eigenvalue weighted by molar-refractivity contribution is 5.88. The van der Waals surface area contributed by atoms with Crippen LogP contribution in [0.2, 0.25) is 0 Å². The fraction of sp³-hybridized carbons (Fsp3) is 0.389. The summed E-state index contributed by atoms with van der Waals surface area (Å²) < 4.78 is 5.62. The molecule has 1 aromatic carbocycles. The molecular weight excluding hydrogens is 262 g/mol. The van der Waals surface area contributed by atoms with E-state index in [1.165, 1.54) is 0 Å². The van der Waals surface area contributed by atoms with Crippen molar-refractivity contribution in [1.29, 1.82) is 0 Å². The van der Waals surface area contributed by atoms with Crippen molar-refractivity contribution in [2.75, 3.05) is 20.6 Å². The zero-order valence-electron chi connectivity index (χ0n) is 12.6. The highest BCUT2D eigenvalue weighted by Crippen LogP contribution is 2.49. The molecule has 0 spiro atoms. The van der Waals surface area contributed by atoms with Crippen LogP contribution in [0.15, 0.2) is 54.3 Å². The van der Waals surface area contributed by atoms with Crippen LogP contribution in [0, 0.1) is 5.92 Å². The van der Waals surface area contributed by atoms with Gasteiger partial charge in [-0.2, -0.15) is 0 Å². The van der Waals surface area contributed by atoms with E-state index in [0.717, 1.165) is 30.7 Å². The topological polar surface area (TPSA) is 29.5 Å². The average Bonchev–Trinajstić information content (AvgIpc) is 2.79. The monoisotopic (exact) mass is 283 g/mol. The van der Waals surface area contributed by atoms with Gasteiger partial charge in [-0.05, 0) is 45.1 Å². The Bertz CT molecular complexity index is 588. The second kappa shape index (κ2) is 5.49. The van der Waals surface area contributed by atoms with Gasteiger partial charge in [0.2, 0.25) is 0 Å². The van der Waals surface area contributed by atoms with Crippen LogP contribution in [0.1, 0.15) is 18.4 Å². The number of carbonyl (C=O) groups excluding carboxylic acids is 1. The van der Waals surface area contributed by atoms with E-state index in [0.29, 0.717) is 0 Å². The summed E-state index contributed by atoms with van der Waals surface area (Å²) in [5.41, 5.74) is 0.517. The first-order chi connectivity index (χ1) is 10.1. The number of nitrogens with zero attached hydrogens (tertiary/aromatic N) is 1. The predicted molar refractivity (Wildman–Crippen MR) is 82.7 cm³/mol. The van der Waals surface area contributed by atoms with Gasteiger partial charge >= 0.3 is 5.97 Å². The van der Waals surface area contributed by atoms with E-state index in [4.69, 9.17) is 4.74 Å². The highest BCUT2D eigenvalue weighted by atomic mass is 16.5. The van der Waals surface area contributed by atoms with Crippen LogP contribution in [-0.2, 0) is 14.9 Å². The summed E-state index contributed by atoms with van der Waals surface area (Å²) in [7, 11) is 4.08. The zero-order valence-corrected chi connectivity index (χ0v) is 12.6. The molecule has 1 aliphatic carbocycles. The minimum Gasteiger partial charge on any atom is -0.430 e. The number of carbonyl (C=O) groups is 1. The molecule has 1 saturated heterocycles. The molecule has 2 aliphatic rings. The molecule has 3 nitrogen and oxygen atoms in total. The Morgan fingerprint density at radius 2 is 2.05 bits per heavy atom. The average molecular weight is 283 g/mol. The molecule has 0 amide bonds. The third kappa shape index (κ3) is 2.32. The van der Waals surface area contributed by atoms with Crippen molar-refractivity contribution in [1.82, 2.24) is 4.90 Å². The Hall–Kier alpha value is -1.87. The number of allylic oxidation sites excluding steroid dienone is 4. The molecule has 1 fully saturated rings. The number of benzene rings is 1. The first kappa shape index (κ1) is 14.1. The quantitative estimate of drug-likeness (QED) is 0.796. The standard InChI is InChI=1S/C18H21NO2/c1-19(2)13-12-18(14-8-4-3-5-9-14)15-10-6-7-11-16(15)21-17(18)20/h3-9,11,15H,10,12-13H2,1-2H3. The smallest absolute Gasteiger partial charge is 0.322 e. The van der Waals surface area contributed by atoms with Crippen LogP contribution in [0.3, 0.4) is 0 Å². The minimum absolute atomic E-state index is 0.101. The zero-order chi connectivity index (χ0) is 14.9. The third-order valence-electron chi connectivity index (χ3n) is 4.52. The van der Waals surface area contributed by atoms with Crippen molar-refractivity contribution in [3.63, 3.8) is 0 Å². The molecule has 0 N–H and O–H groups in total. The molecule has 2 unspecified atom stereocenters. The lowest BCUT2D eigenvalue weighted by Crippen LogP contribution is -2.40. The number of fused-ring (bicyclic) bond motifs is 1. The molecule has 1 aromatic rings. The van der Waals surface area contributed by atoms with Gasteiger partial charge in [-0.25, -0.2) is 0 Å². The summed E-state index contributed by atoms with van der Waals surface area (Å²) in [4.78, 5) is 14.9. The lowest BCUT2D eigenvalue weighted by Gasteiger charge is -2.32. The van der Waals surface area contributed by atoms with Gasteiger partial charge in [-0.1, -0.05) is 42.5 Å². The SMILES string of the molecule is CN(C)CCC1(c2ccccc2)C(=O)OC2=CC=CCC21. The Labute approximate surface area is 125 Å². The first-order valence-electron chi connectivity index (χ1n) is 7.44. The minimum atomic E-state index is -0.553. The highest BCUT2D eigenvalue weighted by Gasteiger charge is 2.55. The summed E-state index contributed by atoms with van der Waals surface area (Å²) in [5, 5.41) is 0. The van der Waals surface area contributed by atoms with Crippen LogP contribution in [0.25, 0.3) is 0 Å². The lowest BCUT2D eigenvalue weighted by atomic mass is 9.67. The number of esters is 1. The molecule has 0 bridgehead atoms. The van der Waals surface area contributed by atoms with Crippen LogP contribution in [0.5, 0.6) is 0 Å².